The largest absolute Gasteiger partial charge is 0.496 e. The van der Waals surface area contributed by atoms with Gasteiger partial charge in [0.2, 0.25) is 0 Å². The molecule has 98 valence electrons. The van der Waals surface area contributed by atoms with Crippen LogP contribution in [0.5, 0.6) is 5.75 Å². The molecule has 0 fully saturated rings. The van der Waals surface area contributed by atoms with Gasteiger partial charge in [-0.3, -0.25) is 0 Å². The Bertz CT molecular complexity index is 434. The first-order valence-electron chi connectivity index (χ1n) is 5.92. The molecule has 1 aromatic rings. The van der Waals surface area contributed by atoms with E-state index in [0.29, 0.717) is 19.0 Å². The van der Waals surface area contributed by atoms with Crippen LogP contribution in [0.25, 0.3) is 0 Å². The lowest BCUT2D eigenvalue weighted by molar-refractivity contribution is 0.410. The van der Waals surface area contributed by atoms with E-state index in [9.17, 15) is 0 Å². The number of allylic oxidation sites excluding steroid dienone is 1. The molecule has 0 aliphatic rings. The van der Waals surface area contributed by atoms with Crippen LogP contribution in [-0.2, 0) is 6.54 Å². The lowest BCUT2D eigenvalue weighted by Gasteiger charge is -2.06. The fourth-order valence-electron chi connectivity index (χ4n) is 1.42. The first-order chi connectivity index (χ1) is 8.63. The van der Waals surface area contributed by atoms with Crippen LogP contribution in [0.3, 0.4) is 0 Å². The number of aliphatic imine (C=N–C) groups is 1. The number of nitrogens with zero attached hydrogens (tertiary/aromatic N) is 1. The topological polar surface area (TPSA) is 59.6 Å². The summed E-state index contributed by atoms with van der Waals surface area (Å²) in [5, 5.41) is 3.03. The maximum Gasteiger partial charge on any atom is 0.189 e. The van der Waals surface area contributed by atoms with Crippen LogP contribution in [0.2, 0.25) is 0 Å². The van der Waals surface area contributed by atoms with E-state index in [1.54, 1.807) is 7.11 Å². The molecule has 4 nitrogen and oxygen atoms in total. The summed E-state index contributed by atoms with van der Waals surface area (Å²) in [6, 6.07) is 7.78. The highest BCUT2D eigenvalue weighted by Crippen LogP contribution is 2.17. The summed E-state index contributed by atoms with van der Waals surface area (Å²) in [5.74, 6) is 1.27. The number of methoxy groups -OCH3 is 1. The van der Waals surface area contributed by atoms with Crippen molar-refractivity contribution < 1.29 is 4.74 Å². The Kier molecular flexibility index (Phi) is 5.77. The molecule has 3 N–H and O–H groups in total. The molecule has 0 aliphatic heterocycles. The van der Waals surface area contributed by atoms with Crippen molar-refractivity contribution in [1.82, 2.24) is 5.32 Å². The molecule has 0 heterocycles. The van der Waals surface area contributed by atoms with Crippen molar-refractivity contribution in [1.29, 1.82) is 0 Å². The molecule has 1 rings (SSSR count). The zero-order valence-electron chi connectivity index (χ0n) is 11.2. The van der Waals surface area contributed by atoms with E-state index in [1.165, 1.54) is 5.57 Å². The summed E-state index contributed by atoms with van der Waals surface area (Å²) >= 11 is 0. The number of hydrogen-bond acceptors (Lipinski definition) is 2. The summed E-state index contributed by atoms with van der Waals surface area (Å²) in [7, 11) is 1.65. The zero-order chi connectivity index (χ0) is 13.4. The summed E-state index contributed by atoms with van der Waals surface area (Å²) in [4.78, 5) is 4.27. The smallest absolute Gasteiger partial charge is 0.189 e. The molecule has 0 aromatic heterocycles. The Morgan fingerprint density at radius 2 is 2.11 bits per heavy atom. The van der Waals surface area contributed by atoms with Gasteiger partial charge in [0.25, 0.3) is 0 Å². The maximum atomic E-state index is 5.77. The molecule has 0 saturated heterocycles. The van der Waals surface area contributed by atoms with Gasteiger partial charge < -0.3 is 15.8 Å². The van der Waals surface area contributed by atoms with Gasteiger partial charge in [0.05, 0.1) is 13.7 Å². The minimum Gasteiger partial charge on any atom is -0.496 e. The molecule has 0 saturated carbocycles. The Balaban J connectivity index is 2.54. The van der Waals surface area contributed by atoms with Gasteiger partial charge in [0.1, 0.15) is 5.75 Å². The third-order valence-electron chi connectivity index (χ3n) is 2.41. The van der Waals surface area contributed by atoms with Crippen molar-refractivity contribution in [3.05, 3.63) is 41.5 Å². The fraction of sp³-hybridized carbons (Fsp3) is 0.357. The van der Waals surface area contributed by atoms with Crippen LogP contribution in [0.4, 0.5) is 0 Å². The molecule has 0 radical (unpaired) electrons. The standard InChI is InChI=1S/C14H21N3O/c1-11(2)8-9-16-14(15)17-10-12-6-4-5-7-13(12)18-3/h4-8H,9-10H2,1-3H3,(H3,15,16,17). The molecule has 4 heteroatoms. The first-order valence-corrected chi connectivity index (χ1v) is 5.92. The van der Waals surface area contributed by atoms with Crippen molar-refractivity contribution >= 4 is 5.96 Å². The Morgan fingerprint density at radius 1 is 1.39 bits per heavy atom. The molecule has 0 unspecified atom stereocenters. The van der Waals surface area contributed by atoms with Gasteiger partial charge in [-0.05, 0) is 19.9 Å². The highest BCUT2D eigenvalue weighted by Gasteiger charge is 2.00. The molecule has 0 spiro atoms. The molecule has 0 atom stereocenters. The van der Waals surface area contributed by atoms with Gasteiger partial charge in [0, 0.05) is 12.1 Å². The number of hydrogen-bond donors (Lipinski definition) is 2. The molecule has 18 heavy (non-hydrogen) atoms. The number of nitrogens with one attached hydrogen (secondary N) is 1. The summed E-state index contributed by atoms with van der Waals surface area (Å²) in [6.45, 7) is 5.30. The van der Waals surface area contributed by atoms with Crippen LogP contribution in [0, 0.1) is 0 Å². The number of para-hydroxylation sites is 1. The van der Waals surface area contributed by atoms with Gasteiger partial charge >= 0.3 is 0 Å². The van der Waals surface area contributed by atoms with Crippen molar-refractivity contribution in [3.63, 3.8) is 0 Å². The second kappa shape index (κ2) is 7.37. The van der Waals surface area contributed by atoms with Gasteiger partial charge in [-0.25, -0.2) is 4.99 Å². The summed E-state index contributed by atoms with van der Waals surface area (Å²) < 4.78 is 5.25. The lowest BCUT2D eigenvalue weighted by Crippen LogP contribution is -2.31. The van der Waals surface area contributed by atoms with Crippen molar-refractivity contribution in [2.24, 2.45) is 10.7 Å². The van der Waals surface area contributed by atoms with Crippen LogP contribution in [0.15, 0.2) is 40.9 Å². The predicted molar refractivity (Wildman–Crippen MR) is 75.8 cm³/mol. The maximum absolute atomic E-state index is 5.77. The predicted octanol–water partition coefficient (Wildman–Crippen LogP) is 2.07. The van der Waals surface area contributed by atoms with E-state index in [-0.39, 0.29) is 0 Å². The van der Waals surface area contributed by atoms with E-state index in [0.717, 1.165) is 11.3 Å². The molecule has 0 aliphatic carbocycles. The summed E-state index contributed by atoms with van der Waals surface area (Å²) in [6.07, 6.45) is 2.06. The monoisotopic (exact) mass is 247 g/mol. The van der Waals surface area contributed by atoms with E-state index in [2.05, 4.69) is 16.4 Å². The van der Waals surface area contributed by atoms with Gasteiger partial charge in [-0.1, -0.05) is 29.8 Å². The number of rotatable bonds is 5. The Hall–Kier alpha value is -1.97. The second-order valence-electron chi connectivity index (χ2n) is 4.18. The van der Waals surface area contributed by atoms with Crippen LogP contribution in [-0.4, -0.2) is 19.6 Å². The normalized spacial score (nSPS) is 10.9. The fourth-order valence-corrected chi connectivity index (χ4v) is 1.42. The van der Waals surface area contributed by atoms with E-state index >= 15 is 0 Å². The third kappa shape index (κ3) is 4.91. The number of guanidine groups is 1. The minimum atomic E-state index is 0.443. The molecule has 0 bridgehead atoms. The van der Waals surface area contributed by atoms with Gasteiger partial charge in [-0.15, -0.1) is 0 Å². The molecular formula is C14H21N3O. The van der Waals surface area contributed by atoms with Gasteiger partial charge in [0.15, 0.2) is 5.96 Å². The summed E-state index contributed by atoms with van der Waals surface area (Å²) in [5.41, 5.74) is 8.04. The van der Waals surface area contributed by atoms with Crippen LogP contribution >= 0.6 is 0 Å². The first kappa shape index (κ1) is 14.1. The van der Waals surface area contributed by atoms with Crippen molar-refractivity contribution in [2.75, 3.05) is 13.7 Å². The molecule has 1 aromatic carbocycles. The number of benzene rings is 1. The average molecular weight is 247 g/mol. The third-order valence-corrected chi connectivity index (χ3v) is 2.41. The Labute approximate surface area is 109 Å². The van der Waals surface area contributed by atoms with Gasteiger partial charge in [-0.2, -0.15) is 0 Å². The molecule has 0 amide bonds. The Morgan fingerprint density at radius 3 is 2.78 bits per heavy atom. The van der Waals surface area contributed by atoms with Crippen LogP contribution in [0.1, 0.15) is 19.4 Å². The highest BCUT2D eigenvalue weighted by molar-refractivity contribution is 5.78. The van der Waals surface area contributed by atoms with Crippen molar-refractivity contribution in [3.8, 4) is 5.75 Å². The quantitative estimate of drug-likeness (QED) is 0.476. The van der Waals surface area contributed by atoms with E-state index in [4.69, 9.17) is 10.5 Å². The zero-order valence-corrected chi connectivity index (χ0v) is 11.2. The SMILES string of the molecule is COc1ccccc1CN=C(N)NCC=C(C)C. The lowest BCUT2D eigenvalue weighted by atomic mass is 10.2. The minimum absolute atomic E-state index is 0.443. The second-order valence-corrected chi connectivity index (χ2v) is 4.18. The average Bonchev–Trinajstić information content (AvgIpc) is 2.36. The number of nitrogens with two attached hydrogens (primary N) is 1. The van der Waals surface area contributed by atoms with E-state index in [1.807, 2.05) is 38.1 Å². The molecular weight excluding hydrogens is 226 g/mol. The highest BCUT2D eigenvalue weighted by atomic mass is 16.5. The van der Waals surface area contributed by atoms with Crippen LogP contribution < -0.4 is 15.8 Å². The van der Waals surface area contributed by atoms with Crippen molar-refractivity contribution in [2.45, 2.75) is 20.4 Å². The number of ether oxygens (including phenoxy) is 1. The van der Waals surface area contributed by atoms with E-state index < -0.39 is 0 Å².